The number of carbonyl (C=O) groups excluding carboxylic acids is 1. The lowest BCUT2D eigenvalue weighted by atomic mass is 9.41. The molecule has 5 fully saturated rings. The summed E-state index contributed by atoms with van der Waals surface area (Å²) in [6.45, 7) is 17.2. The second-order valence-electron chi connectivity index (χ2n) is 14.3. The van der Waals surface area contributed by atoms with Gasteiger partial charge in [0.2, 0.25) is 0 Å². The Morgan fingerprint density at radius 3 is 2.27 bits per heavy atom. The summed E-state index contributed by atoms with van der Waals surface area (Å²) in [4.78, 5) is 11.9. The smallest absolute Gasteiger partial charge is 0.302 e. The number of hydrogen-bond acceptors (Lipinski definition) is 3. The van der Waals surface area contributed by atoms with Crippen molar-refractivity contribution >= 4 is 5.97 Å². The first-order valence-electron chi connectivity index (χ1n) is 14.2. The molecule has 3 nitrogen and oxygen atoms in total. The SMILES string of the molecule is CC(=O)O[C@H]1CC[C@]23[C@@H](C)[C@]24CC[C@]2(C)[C@@H]([C@H](C)CCCO)CC[C@@]2(C)[C@@H]4CC[C@H]3C1(C)C. The van der Waals surface area contributed by atoms with Crippen LogP contribution < -0.4 is 0 Å². The Balaban J connectivity index is 1.46. The summed E-state index contributed by atoms with van der Waals surface area (Å²) in [5.41, 5.74) is 1.96. The van der Waals surface area contributed by atoms with Gasteiger partial charge in [0.05, 0.1) is 0 Å². The van der Waals surface area contributed by atoms with Crippen molar-refractivity contribution in [2.45, 2.75) is 119 Å². The number of rotatable bonds is 5. The molecule has 0 aromatic heterocycles. The molecule has 33 heavy (non-hydrogen) atoms. The Hall–Kier alpha value is -0.570. The standard InChI is InChI=1S/C30H50O3/c1-19(9-8-18-31)22-12-14-28(7)24-11-10-23-26(4,5)25(33-21(3)32)13-15-29(23)20(2)30(24,29)17-16-27(22,28)6/h19-20,22-25,31H,8-18H2,1-7H3/t19-,20-,22-,23+,24+,25+,27-,28+,29-,30+/m1/s1. The molecule has 0 radical (unpaired) electrons. The Bertz CT molecular complexity index is 804. The third kappa shape index (κ3) is 2.75. The van der Waals surface area contributed by atoms with E-state index in [1.54, 1.807) is 6.92 Å². The molecule has 188 valence electrons. The maximum atomic E-state index is 11.9. The molecule has 3 heteroatoms. The number of esters is 1. The highest BCUT2D eigenvalue weighted by Crippen LogP contribution is 2.91. The highest BCUT2D eigenvalue weighted by atomic mass is 16.5. The molecular formula is C30H50O3. The minimum atomic E-state index is -0.107. The lowest BCUT2D eigenvalue weighted by Crippen LogP contribution is -2.58. The average Bonchev–Trinajstić information content (AvgIpc) is 3.14. The van der Waals surface area contributed by atoms with E-state index in [0.717, 1.165) is 36.5 Å². The lowest BCUT2D eigenvalue weighted by molar-refractivity contribution is -0.181. The number of ether oxygens (including phenoxy) is 1. The quantitative estimate of drug-likeness (QED) is 0.451. The van der Waals surface area contributed by atoms with E-state index in [-0.39, 0.29) is 17.5 Å². The summed E-state index contributed by atoms with van der Waals surface area (Å²) in [6, 6.07) is 0. The van der Waals surface area contributed by atoms with Crippen LogP contribution in [0.2, 0.25) is 0 Å². The zero-order chi connectivity index (χ0) is 24.0. The molecule has 5 aliphatic carbocycles. The van der Waals surface area contributed by atoms with Crippen molar-refractivity contribution < 1.29 is 14.6 Å². The zero-order valence-electron chi connectivity index (χ0n) is 22.5. The van der Waals surface area contributed by atoms with Gasteiger partial charge in [0.1, 0.15) is 6.10 Å². The van der Waals surface area contributed by atoms with Crippen molar-refractivity contribution in [1.82, 2.24) is 0 Å². The lowest BCUT2D eigenvalue weighted by Gasteiger charge is -2.63. The van der Waals surface area contributed by atoms with E-state index in [1.807, 2.05) is 0 Å². The van der Waals surface area contributed by atoms with E-state index in [4.69, 9.17) is 4.74 Å². The molecule has 0 aliphatic heterocycles. The molecule has 0 saturated heterocycles. The van der Waals surface area contributed by atoms with Crippen LogP contribution in [-0.2, 0) is 9.53 Å². The van der Waals surface area contributed by atoms with Crippen LogP contribution in [-0.4, -0.2) is 23.8 Å². The molecule has 0 aromatic rings. The van der Waals surface area contributed by atoms with Gasteiger partial charge in [-0.05, 0) is 115 Å². The molecule has 0 amide bonds. The second kappa shape index (κ2) is 7.47. The van der Waals surface area contributed by atoms with Gasteiger partial charge < -0.3 is 9.84 Å². The largest absolute Gasteiger partial charge is 0.462 e. The van der Waals surface area contributed by atoms with Gasteiger partial charge in [-0.25, -0.2) is 0 Å². The predicted molar refractivity (Wildman–Crippen MR) is 132 cm³/mol. The van der Waals surface area contributed by atoms with Gasteiger partial charge in [-0.1, -0.05) is 41.5 Å². The van der Waals surface area contributed by atoms with E-state index < -0.39 is 0 Å². The molecule has 0 heterocycles. The van der Waals surface area contributed by atoms with Gasteiger partial charge in [-0.3, -0.25) is 4.79 Å². The van der Waals surface area contributed by atoms with E-state index in [0.29, 0.717) is 34.2 Å². The number of hydrogen-bond donors (Lipinski definition) is 1. The highest BCUT2D eigenvalue weighted by Gasteiger charge is 2.86. The van der Waals surface area contributed by atoms with Crippen LogP contribution in [0.4, 0.5) is 0 Å². The van der Waals surface area contributed by atoms with E-state index in [1.165, 1.54) is 51.4 Å². The van der Waals surface area contributed by atoms with Crippen molar-refractivity contribution in [3.8, 4) is 0 Å². The number of aliphatic hydroxyl groups excluding tert-OH is 1. The van der Waals surface area contributed by atoms with Crippen LogP contribution in [0.1, 0.15) is 113 Å². The molecule has 10 atom stereocenters. The molecule has 5 saturated carbocycles. The summed E-state index contributed by atoms with van der Waals surface area (Å²) in [5.74, 6) is 3.77. The first-order valence-corrected chi connectivity index (χ1v) is 14.2. The number of fused-ring (bicyclic) bond motifs is 2. The topological polar surface area (TPSA) is 46.5 Å². The number of aliphatic hydroxyl groups is 1. The van der Waals surface area contributed by atoms with Crippen LogP contribution in [0, 0.1) is 56.7 Å². The maximum Gasteiger partial charge on any atom is 0.302 e. The van der Waals surface area contributed by atoms with Gasteiger partial charge in [0.15, 0.2) is 0 Å². The van der Waals surface area contributed by atoms with Gasteiger partial charge in [-0.15, -0.1) is 0 Å². The van der Waals surface area contributed by atoms with E-state index in [9.17, 15) is 9.90 Å². The molecule has 5 aliphatic rings. The fourth-order valence-electron chi connectivity index (χ4n) is 12.0. The first-order chi connectivity index (χ1) is 15.4. The third-order valence-electron chi connectivity index (χ3n) is 13.6. The van der Waals surface area contributed by atoms with E-state index in [2.05, 4.69) is 41.5 Å². The molecular weight excluding hydrogens is 408 g/mol. The van der Waals surface area contributed by atoms with Crippen molar-refractivity contribution in [3.63, 3.8) is 0 Å². The van der Waals surface area contributed by atoms with Crippen LogP contribution in [0.5, 0.6) is 0 Å². The van der Waals surface area contributed by atoms with Crippen molar-refractivity contribution in [2.24, 2.45) is 56.7 Å². The summed E-state index contributed by atoms with van der Waals surface area (Å²) in [5, 5.41) is 9.42. The summed E-state index contributed by atoms with van der Waals surface area (Å²) < 4.78 is 5.91. The minimum Gasteiger partial charge on any atom is -0.462 e. The van der Waals surface area contributed by atoms with E-state index >= 15 is 0 Å². The summed E-state index contributed by atoms with van der Waals surface area (Å²) >= 11 is 0. The minimum absolute atomic E-state index is 0.0747. The molecule has 5 rings (SSSR count). The molecule has 0 aromatic carbocycles. The Morgan fingerprint density at radius 2 is 1.61 bits per heavy atom. The second-order valence-corrected chi connectivity index (χ2v) is 14.3. The fourth-order valence-corrected chi connectivity index (χ4v) is 12.0. The average molecular weight is 459 g/mol. The highest BCUT2D eigenvalue weighted by molar-refractivity contribution is 5.66. The predicted octanol–water partition coefficient (Wildman–Crippen LogP) is 7.01. The van der Waals surface area contributed by atoms with Crippen molar-refractivity contribution in [2.75, 3.05) is 6.61 Å². The van der Waals surface area contributed by atoms with Gasteiger partial charge >= 0.3 is 5.97 Å². The van der Waals surface area contributed by atoms with Crippen LogP contribution in [0.3, 0.4) is 0 Å². The Kier molecular flexibility index (Phi) is 5.46. The molecule has 0 bridgehead atoms. The molecule has 0 unspecified atom stereocenters. The summed E-state index contributed by atoms with van der Waals surface area (Å²) in [6.07, 6.45) is 12.8. The van der Waals surface area contributed by atoms with Gasteiger partial charge in [-0.2, -0.15) is 0 Å². The maximum absolute atomic E-state index is 11.9. The molecule has 1 N–H and O–H groups in total. The van der Waals surface area contributed by atoms with Crippen LogP contribution in [0.25, 0.3) is 0 Å². The Morgan fingerprint density at radius 1 is 0.939 bits per heavy atom. The normalized spacial score (nSPS) is 52.7. The number of carbonyl (C=O) groups is 1. The monoisotopic (exact) mass is 458 g/mol. The summed E-state index contributed by atoms with van der Waals surface area (Å²) in [7, 11) is 0. The van der Waals surface area contributed by atoms with Crippen molar-refractivity contribution in [3.05, 3.63) is 0 Å². The van der Waals surface area contributed by atoms with Gasteiger partial charge in [0.25, 0.3) is 0 Å². The third-order valence-corrected chi connectivity index (χ3v) is 13.6. The molecule has 2 spiro atoms. The fraction of sp³-hybridized carbons (Fsp3) is 0.967. The zero-order valence-corrected chi connectivity index (χ0v) is 22.5. The van der Waals surface area contributed by atoms with Gasteiger partial charge in [0, 0.05) is 18.9 Å². The first kappa shape index (κ1) is 24.1. The van der Waals surface area contributed by atoms with Crippen LogP contribution >= 0.6 is 0 Å². The Labute approximate surface area is 202 Å². The van der Waals surface area contributed by atoms with Crippen LogP contribution in [0.15, 0.2) is 0 Å². The van der Waals surface area contributed by atoms with Crippen molar-refractivity contribution in [1.29, 1.82) is 0 Å².